The van der Waals surface area contributed by atoms with Crippen molar-refractivity contribution >= 4 is 17.4 Å². The number of thioether (sulfide) groups is 1. The molecule has 0 aliphatic carbocycles. The van der Waals surface area contributed by atoms with E-state index in [1.807, 2.05) is 38.1 Å². The lowest BCUT2D eigenvalue weighted by Gasteiger charge is -2.07. The lowest BCUT2D eigenvalue weighted by molar-refractivity contribution is 0.414. The van der Waals surface area contributed by atoms with E-state index in [-0.39, 0.29) is 0 Å². The molecular weight excluding hydrogens is 258 g/mol. The summed E-state index contributed by atoms with van der Waals surface area (Å²) in [5.41, 5.74) is 9.61. The van der Waals surface area contributed by atoms with Gasteiger partial charge >= 0.3 is 0 Å². The van der Waals surface area contributed by atoms with E-state index in [2.05, 4.69) is 9.97 Å². The topological polar surface area (TPSA) is 61.0 Å². The van der Waals surface area contributed by atoms with E-state index in [1.165, 1.54) is 0 Å². The molecule has 0 bridgehead atoms. The third-order valence-electron chi connectivity index (χ3n) is 2.55. The summed E-state index contributed by atoms with van der Waals surface area (Å²) in [6.45, 7) is 3.95. The average molecular weight is 275 g/mol. The molecule has 2 rings (SSSR count). The maximum atomic E-state index is 5.83. The normalized spacial score (nSPS) is 10.5. The van der Waals surface area contributed by atoms with Gasteiger partial charge in [0.2, 0.25) is 0 Å². The third kappa shape index (κ3) is 3.86. The Hall–Kier alpha value is -1.75. The maximum absolute atomic E-state index is 5.83. The van der Waals surface area contributed by atoms with E-state index in [1.54, 1.807) is 18.9 Å². The first-order valence-electron chi connectivity index (χ1n) is 5.95. The number of aryl methyl sites for hydroxylation is 2. The summed E-state index contributed by atoms with van der Waals surface area (Å²) in [7, 11) is 1.64. The molecule has 5 heteroatoms. The number of hydrogen-bond acceptors (Lipinski definition) is 5. The molecule has 0 spiro atoms. The van der Waals surface area contributed by atoms with Crippen LogP contribution in [-0.2, 0) is 5.75 Å². The largest absolute Gasteiger partial charge is 0.497 e. The quantitative estimate of drug-likeness (QED) is 0.528. The first-order chi connectivity index (χ1) is 9.06. The van der Waals surface area contributed by atoms with E-state index in [0.29, 0.717) is 5.69 Å². The van der Waals surface area contributed by atoms with Gasteiger partial charge in [-0.3, -0.25) is 0 Å². The third-order valence-corrected chi connectivity index (χ3v) is 3.47. The van der Waals surface area contributed by atoms with Crippen LogP contribution in [0, 0.1) is 13.8 Å². The van der Waals surface area contributed by atoms with Gasteiger partial charge in [-0.25, -0.2) is 9.97 Å². The Kier molecular flexibility index (Phi) is 4.27. The molecule has 1 aromatic carbocycles. The van der Waals surface area contributed by atoms with Crippen LogP contribution in [-0.4, -0.2) is 17.1 Å². The summed E-state index contributed by atoms with van der Waals surface area (Å²) in [4.78, 5) is 8.81. The number of nitrogen functional groups attached to an aromatic ring is 1. The minimum atomic E-state index is 0.705. The van der Waals surface area contributed by atoms with E-state index >= 15 is 0 Å². The molecule has 0 saturated carbocycles. The zero-order chi connectivity index (χ0) is 13.8. The number of rotatable bonds is 4. The van der Waals surface area contributed by atoms with E-state index in [0.717, 1.165) is 33.6 Å². The smallest absolute Gasteiger partial charge is 0.188 e. The molecular formula is C14H17N3OS. The summed E-state index contributed by atoms with van der Waals surface area (Å²) in [6.07, 6.45) is 0. The van der Waals surface area contributed by atoms with Gasteiger partial charge in [0.25, 0.3) is 0 Å². The fraction of sp³-hybridized carbons (Fsp3) is 0.286. The van der Waals surface area contributed by atoms with Gasteiger partial charge < -0.3 is 10.5 Å². The van der Waals surface area contributed by atoms with E-state index in [9.17, 15) is 0 Å². The highest BCUT2D eigenvalue weighted by molar-refractivity contribution is 7.98. The van der Waals surface area contributed by atoms with Crippen molar-refractivity contribution in [3.8, 4) is 5.75 Å². The molecule has 0 radical (unpaired) electrons. The number of methoxy groups -OCH3 is 1. The lowest BCUT2D eigenvalue weighted by atomic mass is 10.2. The van der Waals surface area contributed by atoms with Gasteiger partial charge in [-0.2, -0.15) is 0 Å². The molecule has 0 fully saturated rings. The molecule has 19 heavy (non-hydrogen) atoms. The van der Waals surface area contributed by atoms with Gasteiger partial charge in [-0.15, -0.1) is 0 Å². The molecule has 0 atom stereocenters. The molecule has 1 aromatic heterocycles. The molecule has 2 N–H and O–H groups in total. The highest BCUT2D eigenvalue weighted by Crippen LogP contribution is 2.25. The number of hydrogen-bond donors (Lipinski definition) is 1. The SMILES string of the molecule is COc1cc(N)cc(CSc2nc(C)cc(C)n2)c1. The number of benzene rings is 1. The van der Waals surface area contributed by atoms with Crippen molar-refractivity contribution in [2.75, 3.05) is 12.8 Å². The molecule has 0 saturated heterocycles. The van der Waals surface area contributed by atoms with Crippen molar-refractivity contribution in [2.24, 2.45) is 0 Å². The molecule has 0 amide bonds. The summed E-state index contributed by atoms with van der Waals surface area (Å²) in [5.74, 6) is 1.54. The molecule has 0 aliphatic rings. The fourth-order valence-electron chi connectivity index (χ4n) is 1.79. The predicted octanol–water partition coefficient (Wildman–Crippen LogP) is 2.98. The van der Waals surface area contributed by atoms with Crippen LogP contribution in [0.4, 0.5) is 5.69 Å². The zero-order valence-corrected chi connectivity index (χ0v) is 12.1. The number of aromatic nitrogens is 2. The minimum absolute atomic E-state index is 0.705. The summed E-state index contributed by atoms with van der Waals surface area (Å²) < 4.78 is 5.21. The van der Waals surface area contributed by atoms with Crippen molar-refractivity contribution in [1.82, 2.24) is 9.97 Å². The molecule has 1 heterocycles. The van der Waals surface area contributed by atoms with Gasteiger partial charge in [-0.1, -0.05) is 11.8 Å². The maximum Gasteiger partial charge on any atom is 0.188 e. The first kappa shape index (κ1) is 13.7. The second-order valence-electron chi connectivity index (χ2n) is 4.34. The highest BCUT2D eigenvalue weighted by atomic mass is 32.2. The Morgan fingerprint density at radius 1 is 1.11 bits per heavy atom. The van der Waals surface area contributed by atoms with Crippen molar-refractivity contribution in [3.05, 3.63) is 41.2 Å². The van der Waals surface area contributed by atoms with Gasteiger partial charge in [0.15, 0.2) is 5.16 Å². The van der Waals surface area contributed by atoms with Gasteiger partial charge in [0.05, 0.1) is 7.11 Å². The van der Waals surface area contributed by atoms with Crippen molar-refractivity contribution < 1.29 is 4.74 Å². The molecule has 100 valence electrons. The summed E-state index contributed by atoms with van der Waals surface area (Å²) >= 11 is 1.60. The molecule has 2 aromatic rings. The number of ether oxygens (including phenoxy) is 1. The predicted molar refractivity (Wildman–Crippen MR) is 78.5 cm³/mol. The molecule has 0 aliphatic heterocycles. The van der Waals surface area contributed by atoms with Crippen LogP contribution in [0.5, 0.6) is 5.75 Å². The second kappa shape index (κ2) is 5.93. The second-order valence-corrected chi connectivity index (χ2v) is 5.28. The Bertz CT molecular complexity index is 567. The number of nitrogens with two attached hydrogens (primary N) is 1. The summed E-state index contributed by atoms with van der Waals surface area (Å²) in [6, 6.07) is 7.69. The Labute approximate surface area is 117 Å². The Morgan fingerprint density at radius 2 is 1.79 bits per heavy atom. The van der Waals surface area contributed by atoms with Crippen LogP contribution in [0.15, 0.2) is 29.4 Å². The van der Waals surface area contributed by atoms with Crippen LogP contribution in [0.1, 0.15) is 17.0 Å². The van der Waals surface area contributed by atoms with Crippen LogP contribution in [0.3, 0.4) is 0 Å². The monoisotopic (exact) mass is 275 g/mol. The zero-order valence-electron chi connectivity index (χ0n) is 11.3. The van der Waals surface area contributed by atoms with Crippen LogP contribution in [0.2, 0.25) is 0 Å². The molecule has 4 nitrogen and oxygen atoms in total. The van der Waals surface area contributed by atoms with E-state index in [4.69, 9.17) is 10.5 Å². The lowest BCUT2D eigenvalue weighted by Crippen LogP contribution is -1.94. The van der Waals surface area contributed by atoms with Crippen LogP contribution >= 0.6 is 11.8 Å². The Balaban J connectivity index is 2.11. The van der Waals surface area contributed by atoms with Gasteiger partial charge in [0, 0.05) is 28.9 Å². The van der Waals surface area contributed by atoms with Crippen LogP contribution in [0.25, 0.3) is 0 Å². The van der Waals surface area contributed by atoms with E-state index < -0.39 is 0 Å². The van der Waals surface area contributed by atoms with Gasteiger partial charge in [-0.05, 0) is 37.6 Å². The minimum Gasteiger partial charge on any atom is -0.497 e. The fourth-order valence-corrected chi connectivity index (χ4v) is 2.67. The van der Waals surface area contributed by atoms with Crippen molar-refractivity contribution in [2.45, 2.75) is 24.8 Å². The molecule has 0 unspecified atom stereocenters. The Morgan fingerprint density at radius 3 is 2.42 bits per heavy atom. The first-order valence-corrected chi connectivity index (χ1v) is 6.94. The summed E-state index contributed by atoms with van der Waals surface area (Å²) in [5, 5.41) is 0.791. The van der Waals surface area contributed by atoms with Crippen LogP contribution < -0.4 is 10.5 Å². The standard InChI is InChI=1S/C14H17N3OS/c1-9-4-10(2)17-14(16-9)19-8-11-5-12(15)7-13(6-11)18-3/h4-7H,8,15H2,1-3H3. The number of nitrogens with zero attached hydrogens (tertiary/aromatic N) is 2. The average Bonchev–Trinajstić information content (AvgIpc) is 2.34. The highest BCUT2D eigenvalue weighted by Gasteiger charge is 2.04. The van der Waals surface area contributed by atoms with Crippen molar-refractivity contribution in [1.29, 1.82) is 0 Å². The van der Waals surface area contributed by atoms with Crippen molar-refractivity contribution in [3.63, 3.8) is 0 Å². The number of anilines is 1. The van der Waals surface area contributed by atoms with Gasteiger partial charge in [0.1, 0.15) is 5.75 Å².